The van der Waals surface area contributed by atoms with E-state index in [0.717, 1.165) is 35.7 Å². The van der Waals surface area contributed by atoms with E-state index in [-0.39, 0.29) is 24.4 Å². The Hall–Kier alpha value is -1.63. The van der Waals surface area contributed by atoms with Gasteiger partial charge in [0.1, 0.15) is 16.5 Å². The first-order valence-corrected chi connectivity index (χ1v) is 9.70. The molecule has 2 unspecified atom stereocenters. The molecule has 1 aliphatic rings. The summed E-state index contributed by atoms with van der Waals surface area (Å²) in [5, 5.41) is 2.70. The third-order valence-corrected chi connectivity index (χ3v) is 5.44. The number of halogens is 1. The van der Waals surface area contributed by atoms with Crippen molar-refractivity contribution in [2.75, 3.05) is 19.7 Å². The van der Waals surface area contributed by atoms with Gasteiger partial charge in [-0.05, 0) is 56.5 Å². The summed E-state index contributed by atoms with van der Waals surface area (Å²) in [6.07, 6.45) is 1.96. The summed E-state index contributed by atoms with van der Waals surface area (Å²) in [7, 11) is 0. The lowest BCUT2D eigenvalue weighted by Crippen LogP contribution is -2.34. The van der Waals surface area contributed by atoms with Gasteiger partial charge in [0.2, 0.25) is 0 Å². The quantitative estimate of drug-likeness (QED) is 0.806. The number of likely N-dealkylation sites (tertiary alicyclic amines) is 1. The Morgan fingerprint density at radius 1 is 1.38 bits per heavy atom. The predicted octanol–water partition coefficient (Wildman–Crippen LogP) is 3.83. The molecule has 2 aromatic rings. The summed E-state index contributed by atoms with van der Waals surface area (Å²) >= 11 is 1.50. The van der Waals surface area contributed by atoms with Crippen molar-refractivity contribution in [3.63, 3.8) is 0 Å². The van der Waals surface area contributed by atoms with Gasteiger partial charge in [0.15, 0.2) is 0 Å². The normalized spacial score (nSPS) is 19.3. The Morgan fingerprint density at radius 3 is 2.73 bits per heavy atom. The highest BCUT2D eigenvalue weighted by molar-refractivity contribution is 7.13. The Kier molecular flexibility index (Phi) is 7.43. The van der Waals surface area contributed by atoms with Crippen molar-refractivity contribution in [3.8, 4) is 16.3 Å². The molecule has 1 saturated heterocycles. The van der Waals surface area contributed by atoms with Crippen LogP contribution in [0.3, 0.4) is 0 Å². The van der Waals surface area contributed by atoms with Crippen LogP contribution in [0.2, 0.25) is 0 Å². The van der Waals surface area contributed by atoms with Crippen LogP contribution in [-0.4, -0.2) is 41.5 Å². The van der Waals surface area contributed by atoms with Crippen molar-refractivity contribution in [2.24, 2.45) is 11.7 Å². The van der Waals surface area contributed by atoms with Crippen LogP contribution in [0.1, 0.15) is 37.2 Å². The maximum Gasteiger partial charge on any atom is 0.273 e. The van der Waals surface area contributed by atoms with E-state index in [1.54, 1.807) is 0 Å². The summed E-state index contributed by atoms with van der Waals surface area (Å²) in [6, 6.07) is 8.09. The van der Waals surface area contributed by atoms with Crippen LogP contribution in [0.15, 0.2) is 29.6 Å². The van der Waals surface area contributed by atoms with E-state index < -0.39 is 0 Å². The number of rotatable bonds is 6. The fraction of sp³-hybridized carbons (Fsp3) is 0.474. The molecule has 1 amide bonds. The molecule has 0 saturated carbocycles. The topological polar surface area (TPSA) is 68.5 Å². The molecule has 0 aliphatic carbocycles. The first-order valence-electron chi connectivity index (χ1n) is 8.82. The van der Waals surface area contributed by atoms with Crippen LogP contribution in [0, 0.1) is 5.92 Å². The highest BCUT2D eigenvalue weighted by Gasteiger charge is 2.33. The molecule has 1 fully saturated rings. The summed E-state index contributed by atoms with van der Waals surface area (Å²) in [6.45, 7) is 6.23. The molecule has 2 heterocycles. The monoisotopic (exact) mass is 395 g/mol. The summed E-state index contributed by atoms with van der Waals surface area (Å²) in [5.41, 5.74) is 7.28. The van der Waals surface area contributed by atoms with Gasteiger partial charge in [0.05, 0.1) is 6.61 Å². The van der Waals surface area contributed by atoms with Gasteiger partial charge in [-0.3, -0.25) is 4.79 Å². The molecule has 1 aromatic heterocycles. The zero-order chi connectivity index (χ0) is 17.8. The second kappa shape index (κ2) is 9.35. The van der Waals surface area contributed by atoms with Gasteiger partial charge in [0.25, 0.3) is 5.91 Å². The smallest absolute Gasteiger partial charge is 0.273 e. The molecular formula is C19H26ClN3O2S. The van der Waals surface area contributed by atoms with Gasteiger partial charge in [-0.2, -0.15) is 0 Å². The molecule has 0 bridgehead atoms. The first-order chi connectivity index (χ1) is 12.1. The number of amides is 1. The van der Waals surface area contributed by atoms with Crippen LogP contribution >= 0.6 is 23.7 Å². The standard InChI is InChI=1S/C19H25N3O2S.ClH/c1-3-8-24-16-6-4-15(5-7-16)18-21-17(12-25-18)19(23)22-11-14(10-20)9-13(22)2;/h4-7,12-14H,3,8-11,20H2,1-2H3;1H. The van der Waals surface area contributed by atoms with Crippen molar-refractivity contribution in [1.29, 1.82) is 0 Å². The highest BCUT2D eigenvalue weighted by Crippen LogP contribution is 2.28. The molecule has 7 heteroatoms. The van der Waals surface area contributed by atoms with E-state index in [2.05, 4.69) is 18.8 Å². The van der Waals surface area contributed by atoms with Crippen LogP contribution in [0.5, 0.6) is 5.75 Å². The lowest BCUT2D eigenvalue weighted by molar-refractivity contribution is 0.0738. The third-order valence-electron chi connectivity index (χ3n) is 4.55. The van der Waals surface area contributed by atoms with Gasteiger partial charge >= 0.3 is 0 Å². The number of nitrogens with zero attached hydrogens (tertiary/aromatic N) is 2. The SMILES string of the molecule is CCCOc1ccc(-c2nc(C(=O)N3CC(CN)CC3C)cs2)cc1.Cl. The van der Waals surface area contributed by atoms with Crippen molar-refractivity contribution in [1.82, 2.24) is 9.88 Å². The Morgan fingerprint density at radius 2 is 2.12 bits per heavy atom. The van der Waals surface area contributed by atoms with Gasteiger partial charge < -0.3 is 15.4 Å². The number of carbonyl (C=O) groups excluding carboxylic acids is 1. The highest BCUT2D eigenvalue weighted by atomic mass is 35.5. The predicted molar refractivity (Wildman–Crippen MR) is 108 cm³/mol. The Bertz CT molecular complexity index is 720. The van der Waals surface area contributed by atoms with E-state index >= 15 is 0 Å². The number of thiazole rings is 1. The van der Waals surface area contributed by atoms with E-state index in [1.165, 1.54) is 11.3 Å². The molecule has 2 N–H and O–H groups in total. The number of ether oxygens (including phenoxy) is 1. The van der Waals surface area contributed by atoms with Gasteiger partial charge in [-0.1, -0.05) is 6.92 Å². The van der Waals surface area contributed by atoms with Gasteiger partial charge in [-0.25, -0.2) is 4.98 Å². The lowest BCUT2D eigenvalue weighted by Gasteiger charge is -2.20. The maximum atomic E-state index is 12.7. The molecule has 1 aliphatic heterocycles. The fourth-order valence-corrected chi connectivity index (χ4v) is 3.96. The van der Waals surface area contributed by atoms with E-state index in [9.17, 15) is 4.79 Å². The van der Waals surface area contributed by atoms with Gasteiger partial charge in [-0.15, -0.1) is 23.7 Å². The molecule has 3 rings (SSSR count). The first kappa shape index (κ1) is 20.7. The minimum Gasteiger partial charge on any atom is -0.494 e. The number of benzene rings is 1. The fourth-order valence-electron chi connectivity index (χ4n) is 3.16. The average molecular weight is 396 g/mol. The Labute approximate surface area is 165 Å². The van der Waals surface area contributed by atoms with E-state index in [1.807, 2.05) is 34.5 Å². The van der Waals surface area contributed by atoms with Crippen LogP contribution in [-0.2, 0) is 0 Å². The van der Waals surface area contributed by atoms with Crippen molar-refractivity contribution in [3.05, 3.63) is 35.3 Å². The number of hydrogen-bond acceptors (Lipinski definition) is 5. The summed E-state index contributed by atoms with van der Waals surface area (Å²) in [4.78, 5) is 19.2. The summed E-state index contributed by atoms with van der Waals surface area (Å²) < 4.78 is 5.60. The molecule has 26 heavy (non-hydrogen) atoms. The van der Waals surface area contributed by atoms with Crippen molar-refractivity contribution in [2.45, 2.75) is 32.7 Å². The van der Waals surface area contributed by atoms with Crippen molar-refractivity contribution < 1.29 is 9.53 Å². The van der Waals surface area contributed by atoms with Crippen LogP contribution in [0.25, 0.3) is 10.6 Å². The second-order valence-corrected chi connectivity index (χ2v) is 7.41. The molecule has 0 spiro atoms. The average Bonchev–Trinajstić information content (AvgIpc) is 3.26. The minimum atomic E-state index is 0. The second-order valence-electron chi connectivity index (χ2n) is 6.55. The van der Waals surface area contributed by atoms with E-state index in [4.69, 9.17) is 10.5 Å². The number of nitrogens with two attached hydrogens (primary N) is 1. The van der Waals surface area contributed by atoms with Crippen LogP contribution < -0.4 is 10.5 Å². The van der Waals surface area contributed by atoms with Crippen LogP contribution in [0.4, 0.5) is 0 Å². The number of carbonyl (C=O) groups is 1. The zero-order valence-electron chi connectivity index (χ0n) is 15.2. The molecule has 142 valence electrons. The molecule has 0 radical (unpaired) electrons. The molecule has 1 aromatic carbocycles. The lowest BCUT2D eigenvalue weighted by atomic mass is 10.1. The number of hydrogen-bond donors (Lipinski definition) is 1. The molecular weight excluding hydrogens is 370 g/mol. The third kappa shape index (κ3) is 4.55. The summed E-state index contributed by atoms with van der Waals surface area (Å²) in [5.74, 6) is 1.26. The van der Waals surface area contributed by atoms with Gasteiger partial charge in [0, 0.05) is 23.5 Å². The Balaban J connectivity index is 0.00000243. The maximum absolute atomic E-state index is 12.7. The minimum absolute atomic E-state index is 0. The zero-order valence-corrected chi connectivity index (χ0v) is 16.8. The van der Waals surface area contributed by atoms with Crippen molar-refractivity contribution >= 4 is 29.7 Å². The molecule has 2 atom stereocenters. The number of aromatic nitrogens is 1. The largest absolute Gasteiger partial charge is 0.494 e. The van der Waals surface area contributed by atoms with E-state index in [0.29, 0.717) is 24.8 Å². The molecule has 5 nitrogen and oxygen atoms in total.